The Labute approximate surface area is 128 Å². The second-order valence-corrected chi connectivity index (χ2v) is 5.08. The number of aliphatic hydroxyl groups is 1. The van der Waals surface area contributed by atoms with Crippen molar-refractivity contribution in [1.82, 2.24) is 14.6 Å². The molecule has 114 valence electrons. The molecule has 0 amide bonds. The number of anilines is 1. The van der Waals surface area contributed by atoms with E-state index >= 15 is 0 Å². The minimum Gasteiger partial charge on any atom is -0.508 e. The Kier molecular flexibility index (Phi) is 3.93. The van der Waals surface area contributed by atoms with Crippen molar-refractivity contribution in [2.24, 2.45) is 0 Å². The number of phenolic OH excluding ortho intramolecular Hbond substituents is 1. The first-order chi connectivity index (χ1) is 10.7. The van der Waals surface area contributed by atoms with Crippen LogP contribution in [-0.4, -0.2) is 31.4 Å². The van der Waals surface area contributed by atoms with E-state index in [9.17, 15) is 10.2 Å². The van der Waals surface area contributed by atoms with Crippen LogP contribution in [0.1, 0.15) is 24.3 Å². The number of hydrogen-bond acceptors (Lipinski definition) is 5. The lowest BCUT2D eigenvalue weighted by atomic mass is 10.1. The molecule has 0 radical (unpaired) electrons. The van der Waals surface area contributed by atoms with Gasteiger partial charge in [-0.2, -0.15) is 9.61 Å². The predicted octanol–water partition coefficient (Wildman–Crippen LogP) is 2.14. The number of aryl methyl sites for hydroxylation is 1. The Morgan fingerprint density at radius 3 is 2.91 bits per heavy atom. The monoisotopic (exact) mass is 298 g/mol. The molecule has 6 heteroatoms. The van der Waals surface area contributed by atoms with Crippen LogP contribution in [0.15, 0.2) is 42.6 Å². The number of hydrogen-bond donors (Lipinski definition) is 3. The maximum Gasteiger partial charge on any atom is 0.157 e. The van der Waals surface area contributed by atoms with Gasteiger partial charge in [0.2, 0.25) is 0 Å². The molecule has 3 N–H and O–H groups in total. The minimum absolute atomic E-state index is 0.142. The predicted molar refractivity (Wildman–Crippen MR) is 83.9 cm³/mol. The molecule has 2 heterocycles. The van der Waals surface area contributed by atoms with Gasteiger partial charge in [0.15, 0.2) is 5.65 Å². The lowest BCUT2D eigenvalue weighted by molar-refractivity contribution is 0.191. The smallest absolute Gasteiger partial charge is 0.157 e. The van der Waals surface area contributed by atoms with Crippen LogP contribution in [-0.2, 0) is 6.42 Å². The van der Waals surface area contributed by atoms with Gasteiger partial charge >= 0.3 is 0 Å². The molecule has 0 saturated heterocycles. The van der Waals surface area contributed by atoms with Gasteiger partial charge in [0.05, 0.1) is 12.3 Å². The first-order valence-corrected chi connectivity index (χ1v) is 7.22. The second kappa shape index (κ2) is 6.03. The summed E-state index contributed by atoms with van der Waals surface area (Å²) in [6, 6.07) is 10.4. The van der Waals surface area contributed by atoms with Crippen LogP contribution in [0, 0.1) is 0 Å². The zero-order valence-corrected chi connectivity index (χ0v) is 12.3. The third-order valence-corrected chi connectivity index (χ3v) is 3.51. The molecule has 6 nitrogen and oxygen atoms in total. The van der Waals surface area contributed by atoms with Gasteiger partial charge in [-0.05, 0) is 24.1 Å². The fourth-order valence-electron chi connectivity index (χ4n) is 2.32. The number of fused-ring (bicyclic) bond motifs is 1. The van der Waals surface area contributed by atoms with Crippen LogP contribution < -0.4 is 5.32 Å². The van der Waals surface area contributed by atoms with Gasteiger partial charge in [0.1, 0.15) is 11.6 Å². The maximum absolute atomic E-state index is 10.2. The average Bonchev–Trinajstić information content (AvgIpc) is 3.00. The van der Waals surface area contributed by atoms with Crippen molar-refractivity contribution in [2.45, 2.75) is 19.4 Å². The Balaban J connectivity index is 1.80. The van der Waals surface area contributed by atoms with Gasteiger partial charge in [-0.1, -0.05) is 19.1 Å². The molecule has 3 aromatic rings. The molecule has 2 aromatic heterocycles. The number of phenols is 1. The van der Waals surface area contributed by atoms with E-state index in [2.05, 4.69) is 15.4 Å². The van der Waals surface area contributed by atoms with Crippen LogP contribution in [0.4, 0.5) is 5.82 Å². The molecular weight excluding hydrogens is 280 g/mol. The number of rotatable bonds is 5. The molecule has 3 rings (SSSR count). The van der Waals surface area contributed by atoms with Gasteiger partial charge in [0.25, 0.3) is 0 Å². The van der Waals surface area contributed by atoms with E-state index in [0.29, 0.717) is 12.1 Å². The van der Waals surface area contributed by atoms with Gasteiger partial charge in [-0.15, -0.1) is 0 Å². The van der Waals surface area contributed by atoms with Gasteiger partial charge in [0, 0.05) is 24.4 Å². The third-order valence-electron chi connectivity index (χ3n) is 3.51. The molecule has 0 aliphatic rings. The fraction of sp³-hybridized carbons (Fsp3) is 0.250. The molecule has 0 aliphatic carbocycles. The molecule has 0 aliphatic heterocycles. The normalized spacial score (nSPS) is 12.5. The molecule has 1 aromatic carbocycles. The van der Waals surface area contributed by atoms with Gasteiger partial charge < -0.3 is 15.5 Å². The number of nitrogens with zero attached hydrogens (tertiary/aromatic N) is 3. The zero-order valence-electron chi connectivity index (χ0n) is 12.3. The van der Waals surface area contributed by atoms with Crippen LogP contribution in [0.2, 0.25) is 0 Å². The van der Waals surface area contributed by atoms with Crippen molar-refractivity contribution in [1.29, 1.82) is 0 Å². The van der Waals surface area contributed by atoms with Crippen LogP contribution in [0.5, 0.6) is 5.75 Å². The lowest BCUT2D eigenvalue weighted by Gasteiger charge is -2.14. The Hall–Kier alpha value is -2.60. The van der Waals surface area contributed by atoms with Gasteiger partial charge in [-0.25, -0.2) is 4.98 Å². The van der Waals surface area contributed by atoms with E-state index in [-0.39, 0.29) is 5.75 Å². The SMILES string of the molecule is CCc1cc(NCC(O)c2cccc(O)c2)n2nccc2n1. The molecule has 0 fully saturated rings. The van der Waals surface area contributed by atoms with Crippen molar-refractivity contribution >= 4 is 11.5 Å². The molecule has 0 saturated carbocycles. The topological polar surface area (TPSA) is 82.7 Å². The number of aromatic nitrogens is 3. The highest BCUT2D eigenvalue weighted by atomic mass is 16.3. The number of aliphatic hydroxyl groups excluding tert-OH is 1. The Morgan fingerprint density at radius 2 is 2.14 bits per heavy atom. The molecule has 0 spiro atoms. The van der Waals surface area contributed by atoms with Crippen LogP contribution in [0.25, 0.3) is 5.65 Å². The summed E-state index contributed by atoms with van der Waals surface area (Å²) in [6.45, 7) is 2.35. The molecule has 0 bridgehead atoms. The van der Waals surface area contributed by atoms with Crippen LogP contribution in [0.3, 0.4) is 0 Å². The molecule has 1 atom stereocenters. The van der Waals surface area contributed by atoms with Crippen LogP contribution >= 0.6 is 0 Å². The summed E-state index contributed by atoms with van der Waals surface area (Å²) in [5.41, 5.74) is 2.39. The van der Waals surface area contributed by atoms with Crippen molar-refractivity contribution in [3.05, 3.63) is 53.9 Å². The highest BCUT2D eigenvalue weighted by Gasteiger charge is 2.10. The first kappa shape index (κ1) is 14.3. The molecule has 1 unspecified atom stereocenters. The fourth-order valence-corrected chi connectivity index (χ4v) is 2.32. The summed E-state index contributed by atoms with van der Waals surface area (Å²) < 4.78 is 1.70. The standard InChI is InChI=1S/C16H18N4O2/c1-2-12-9-16(20-15(19-12)6-7-18-20)17-10-14(22)11-4-3-5-13(21)8-11/h3-9,14,17,21-22H,2,10H2,1H3. The largest absolute Gasteiger partial charge is 0.508 e. The van der Waals surface area contributed by atoms with Crippen molar-refractivity contribution in [3.63, 3.8) is 0 Å². The van der Waals surface area contributed by atoms with Crippen molar-refractivity contribution in [2.75, 3.05) is 11.9 Å². The average molecular weight is 298 g/mol. The van der Waals surface area contributed by atoms with E-state index in [1.165, 1.54) is 0 Å². The number of aromatic hydroxyl groups is 1. The summed E-state index contributed by atoms with van der Waals surface area (Å²) in [4.78, 5) is 4.48. The highest BCUT2D eigenvalue weighted by Crippen LogP contribution is 2.19. The van der Waals surface area contributed by atoms with E-state index in [1.807, 2.05) is 19.1 Å². The highest BCUT2D eigenvalue weighted by molar-refractivity contribution is 5.49. The minimum atomic E-state index is -0.726. The van der Waals surface area contributed by atoms with E-state index in [4.69, 9.17) is 0 Å². The number of nitrogens with one attached hydrogen (secondary N) is 1. The molecule has 22 heavy (non-hydrogen) atoms. The first-order valence-electron chi connectivity index (χ1n) is 7.22. The summed E-state index contributed by atoms with van der Waals surface area (Å²) in [7, 11) is 0. The van der Waals surface area contributed by atoms with E-state index in [0.717, 1.165) is 23.6 Å². The Morgan fingerprint density at radius 1 is 1.27 bits per heavy atom. The maximum atomic E-state index is 10.2. The van der Waals surface area contributed by atoms with E-state index in [1.54, 1.807) is 35.0 Å². The third kappa shape index (κ3) is 2.87. The summed E-state index contributed by atoms with van der Waals surface area (Å²) in [5, 5.41) is 27.1. The lowest BCUT2D eigenvalue weighted by Crippen LogP contribution is -2.15. The number of benzene rings is 1. The van der Waals surface area contributed by atoms with E-state index < -0.39 is 6.10 Å². The second-order valence-electron chi connectivity index (χ2n) is 5.08. The summed E-state index contributed by atoms with van der Waals surface area (Å²) in [6.07, 6.45) is 1.79. The van der Waals surface area contributed by atoms with Crippen molar-refractivity contribution in [3.8, 4) is 5.75 Å². The Bertz CT molecular complexity index is 785. The van der Waals surface area contributed by atoms with Gasteiger partial charge in [-0.3, -0.25) is 0 Å². The quantitative estimate of drug-likeness (QED) is 0.672. The summed E-state index contributed by atoms with van der Waals surface area (Å²) >= 11 is 0. The zero-order chi connectivity index (χ0) is 15.5. The molecular formula is C16H18N4O2. The summed E-state index contributed by atoms with van der Waals surface area (Å²) in [5.74, 6) is 0.925. The van der Waals surface area contributed by atoms with Crippen molar-refractivity contribution < 1.29 is 10.2 Å².